The molecule has 4 nitrogen and oxygen atoms in total. The van der Waals surface area contributed by atoms with Crippen molar-refractivity contribution in [2.24, 2.45) is 0 Å². The predicted molar refractivity (Wildman–Crippen MR) is 78.8 cm³/mol. The summed E-state index contributed by atoms with van der Waals surface area (Å²) in [4.78, 5) is 12.8. The van der Waals surface area contributed by atoms with Crippen LogP contribution in [0.3, 0.4) is 0 Å². The van der Waals surface area contributed by atoms with E-state index in [2.05, 4.69) is 5.32 Å². The normalized spacial score (nSPS) is 28.3. The third-order valence-electron chi connectivity index (χ3n) is 4.60. The number of hydrogen-bond donors (Lipinski definition) is 1. The molecule has 1 aromatic carbocycles. The molecule has 0 aromatic heterocycles. The number of ether oxygens (including phenoxy) is 2. The van der Waals surface area contributed by atoms with Crippen LogP contribution in [0.25, 0.3) is 0 Å². The Hall–Kier alpha value is -1.81. The Kier molecular flexibility index (Phi) is 3.00. The monoisotopic (exact) mass is 285 g/mol. The van der Waals surface area contributed by atoms with Crippen molar-refractivity contribution in [3.05, 3.63) is 41.2 Å². The van der Waals surface area contributed by atoms with E-state index in [1.807, 2.05) is 24.3 Å². The van der Waals surface area contributed by atoms with Crippen LogP contribution in [0.1, 0.15) is 37.7 Å². The Bertz CT molecular complexity index is 622. The molecule has 1 aromatic rings. The van der Waals surface area contributed by atoms with Crippen LogP contribution in [-0.4, -0.2) is 19.1 Å². The predicted octanol–water partition coefficient (Wildman–Crippen LogP) is 3.10. The second-order valence-corrected chi connectivity index (χ2v) is 5.84. The maximum absolute atomic E-state index is 12.8. The van der Waals surface area contributed by atoms with Gasteiger partial charge < -0.3 is 14.8 Å². The van der Waals surface area contributed by atoms with E-state index in [-0.39, 0.29) is 5.91 Å². The van der Waals surface area contributed by atoms with Crippen molar-refractivity contribution >= 4 is 11.6 Å². The zero-order chi connectivity index (χ0) is 14.3. The van der Waals surface area contributed by atoms with Crippen LogP contribution >= 0.6 is 0 Å². The van der Waals surface area contributed by atoms with Crippen LogP contribution in [0.5, 0.6) is 0 Å². The number of para-hydroxylation sites is 1. The summed E-state index contributed by atoms with van der Waals surface area (Å²) >= 11 is 0. The van der Waals surface area contributed by atoms with E-state index >= 15 is 0 Å². The third-order valence-corrected chi connectivity index (χ3v) is 4.60. The number of rotatable bonds is 0. The number of anilines is 1. The molecule has 1 atom stereocenters. The first-order valence-electron chi connectivity index (χ1n) is 7.72. The average molecular weight is 285 g/mol. The molecule has 2 aliphatic heterocycles. The average Bonchev–Trinajstić information content (AvgIpc) is 2.78. The topological polar surface area (TPSA) is 47.6 Å². The lowest BCUT2D eigenvalue weighted by Crippen LogP contribution is -2.42. The maximum atomic E-state index is 12.8. The summed E-state index contributed by atoms with van der Waals surface area (Å²) in [5.74, 6) is 0.913. The SMILES string of the molecule is O=C1Nc2ccccc2C12OCCCOC1=C2CCCC1. The van der Waals surface area contributed by atoms with Gasteiger partial charge in [-0.2, -0.15) is 0 Å². The highest BCUT2D eigenvalue weighted by Gasteiger charge is 2.52. The summed E-state index contributed by atoms with van der Waals surface area (Å²) in [6.07, 6.45) is 4.81. The fraction of sp³-hybridized carbons (Fsp3) is 0.471. The molecule has 110 valence electrons. The van der Waals surface area contributed by atoms with Gasteiger partial charge in [-0.15, -0.1) is 0 Å². The van der Waals surface area contributed by atoms with Gasteiger partial charge in [-0.1, -0.05) is 18.2 Å². The van der Waals surface area contributed by atoms with Gasteiger partial charge in [0.1, 0.15) is 0 Å². The van der Waals surface area contributed by atoms with E-state index in [9.17, 15) is 4.79 Å². The van der Waals surface area contributed by atoms with Crippen molar-refractivity contribution in [2.75, 3.05) is 18.5 Å². The molecule has 0 bridgehead atoms. The molecule has 3 aliphatic rings. The molecule has 0 fully saturated rings. The van der Waals surface area contributed by atoms with Crippen LogP contribution in [-0.2, 0) is 19.9 Å². The van der Waals surface area contributed by atoms with Crippen LogP contribution in [0.2, 0.25) is 0 Å². The number of hydrogen-bond acceptors (Lipinski definition) is 3. The van der Waals surface area contributed by atoms with Gasteiger partial charge in [0.15, 0.2) is 5.60 Å². The number of allylic oxidation sites excluding steroid dienone is 1. The first-order chi connectivity index (χ1) is 10.3. The van der Waals surface area contributed by atoms with Crippen molar-refractivity contribution in [3.63, 3.8) is 0 Å². The molecule has 0 saturated heterocycles. The van der Waals surface area contributed by atoms with E-state index < -0.39 is 5.60 Å². The fourth-order valence-electron chi connectivity index (χ4n) is 3.65. The van der Waals surface area contributed by atoms with E-state index in [1.54, 1.807) is 0 Å². The van der Waals surface area contributed by atoms with Crippen molar-refractivity contribution < 1.29 is 14.3 Å². The van der Waals surface area contributed by atoms with Crippen LogP contribution in [0, 0.1) is 0 Å². The molecule has 0 radical (unpaired) electrons. The standard InChI is InChI=1S/C17H19NO3/c19-16-17(12-6-1-3-8-14(12)18-16)13-7-2-4-9-15(13)20-10-5-11-21-17/h1,3,6,8H,2,4-5,7,9-11H2,(H,18,19). The smallest absolute Gasteiger partial charge is 0.265 e. The van der Waals surface area contributed by atoms with Crippen molar-refractivity contribution in [1.82, 2.24) is 0 Å². The molecule has 4 rings (SSSR count). The van der Waals surface area contributed by atoms with Crippen LogP contribution < -0.4 is 5.32 Å². The highest BCUT2D eigenvalue weighted by atomic mass is 16.5. The number of carbonyl (C=O) groups excluding carboxylic acids is 1. The minimum Gasteiger partial charge on any atom is -0.498 e. The summed E-state index contributed by atoms with van der Waals surface area (Å²) in [7, 11) is 0. The Morgan fingerprint density at radius 2 is 1.90 bits per heavy atom. The van der Waals surface area contributed by atoms with Crippen LogP contribution in [0.15, 0.2) is 35.6 Å². The van der Waals surface area contributed by atoms with Gasteiger partial charge in [0.25, 0.3) is 5.91 Å². The van der Waals surface area contributed by atoms with Gasteiger partial charge in [-0.25, -0.2) is 0 Å². The summed E-state index contributed by atoms with van der Waals surface area (Å²) in [5, 5.41) is 2.99. The first kappa shape index (κ1) is 12.9. The lowest BCUT2D eigenvalue weighted by atomic mass is 9.80. The van der Waals surface area contributed by atoms with Crippen LogP contribution in [0.4, 0.5) is 5.69 Å². The second kappa shape index (κ2) is 4.88. The summed E-state index contributed by atoms with van der Waals surface area (Å²) in [5.41, 5.74) is 1.87. The van der Waals surface area contributed by atoms with Gasteiger partial charge >= 0.3 is 0 Å². The maximum Gasteiger partial charge on any atom is 0.265 e. The highest BCUT2D eigenvalue weighted by Crippen LogP contribution is 2.49. The van der Waals surface area contributed by atoms with Gasteiger partial charge in [-0.3, -0.25) is 4.79 Å². The summed E-state index contributed by atoms with van der Waals surface area (Å²) < 4.78 is 12.1. The third kappa shape index (κ3) is 1.82. The number of fused-ring (bicyclic) bond motifs is 3. The first-order valence-corrected chi connectivity index (χ1v) is 7.72. The quantitative estimate of drug-likeness (QED) is 0.796. The number of amides is 1. The van der Waals surface area contributed by atoms with E-state index in [1.165, 1.54) is 0 Å². The van der Waals surface area contributed by atoms with Gasteiger partial charge in [0, 0.05) is 29.7 Å². The summed E-state index contributed by atoms with van der Waals surface area (Å²) in [6, 6.07) is 7.84. The second-order valence-electron chi connectivity index (χ2n) is 5.84. The van der Waals surface area contributed by atoms with Crippen molar-refractivity contribution in [3.8, 4) is 0 Å². The zero-order valence-electron chi connectivity index (χ0n) is 12.0. The van der Waals surface area contributed by atoms with E-state index in [4.69, 9.17) is 9.47 Å². The van der Waals surface area contributed by atoms with Gasteiger partial charge in [0.05, 0.1) is 19.0 Å². The largest absolute Gasteiger partial charge is 0.498 e. The van der Waals surface area contributed by atoms with Crippen molar-refractivity contribution in [1.29, 1.82) is 0 Å². The van der Waals surface area contributed by atoms with Crippen molar-refractivity contribution in [2.45, 2.75) is 37.7 Å². The lowest BCUT2D eigenvalue weighted by molar-refractivity contribution is -0.138. The number of nitrogens with one attached hydrogen (secondary N) is 1. The molecule has 1 spiro atoms. The molecule has 4 heteroatoms. The Morgan fingerprint density at radius 3 is 2.86 bits per heavy atom. The molecular formula is C17H19NO3. The molecule has 2 heterocycles. The summed E-state index contributed by atoms with van der Waals surface area (Å²) in [6.45, 7) is 1.22. The molecular weight excluding hydrogens is 266 g/mol. The number of benzene rings is 1. The van der Waals surface area contributed by atoms with E-state index in [0.717, 1.165) is 54.7 Å². The minimum atomic E-state index is -0.966. The molecule has 1 unspecified atom stereocenters. The molecule has 1 amide bonds. The Morgan fingerprint density at radius 1 is 1.05 bits per heavy atom. The molecule has 1 N–H and O–H groups in total. The molecule has 21 heavy (non-hydrogen) atoms. The van der Waals surface area contributed by atoms with Gasteiger partial charge in [0.2, 0.25) is 0 Å². The minimum absolute atomic E-state index is 0.0661. The fourth-order valence-corrected chi connectivity index (χ4v) is 3.65. The Balaban J connectivity index is 1.94. The lowest BCUT2D eigenvalue weighted by Gasteiger charge is -2.36. The molecule has 1 aliphatic carbocycles. The van der Waals surface area contributed by atoms with E-state index in [0.29, 0.717) is 13.2 Å². The number of carbonyl (C=O) groups is 1. The van der Waals surface area contributed by atoms with Gasteiger partial charge in [-0.05, 0) is 25.3 Å². The zero-order valence-corrected chi connectivity index (χ0v) is 12.0. The highest BCUT2D eigenvalue weighted by molar-refractivity contribution is 6.07. The Labute approximate surface area is 124 Å². The molecule has 0 saturated carbocycles.